The maximum Gasteiger partial charge on any atom is 0.244 e. The summed E-state index contributed by atoms with van der Waals surface area (Å²) in [6, 6.07) is 10.4. The molecule has 1 unspecified atom stereocenters. The zero-order valence-corrected chi connectivity index (χ0v) is 19.9. The Balaban J connectivity index is 0.00000300. The van der Waals surface area contributed by atoms with Crippen LogP contribution >= 0.6 is 24.0 Å². The van der Waals surface area contributed by atoms with Crippen molar-refractivity contribution in [1.29, 1.82) is 0 Å². The fourth-order valence-electron chi connectivity index (χ4n) is 3.69. The summed E-state index contributed by atoms with van der Waals surface area (Å²) in [6.07, 6.45) is 2.14. The van der Waals surface area contributed by atoms with Crippen molar-refractivity contribution in [3.05, 3.63) is 30.3 Å². The fraction of sp³-hybridized carbons (Fsp3) is 0.619. The summed E-state index contributed by atoms with van der Waals surface area (Å²) < 4.78 is 5.81. The fourth-order valence-corrected chi connectivity index (χ4v) is 3.69. The number of nitrogens with one attached hydrogen (secondary N) is 2. The highest BCUT2D eigenvalue weighted by atomic mass is 127. The highest BCUT2D eigenvalue weighted by molar-refractivity contribution is 14.0. The molecule has 2 heterocycles. The van der Waals surface area contributed by atoms with Crippen molar-refractivity contribution < 1.29 is 9.53 Å². The van der Waals surface area contributed by atoms with Gasteiger partial charge in [-0.3, -0.25) is 4.79 Å². The van der Waals surface area contributed by atoms with E-state index in [2.05, 4.69) is 39.6 Å². The normalized spacial score (nSPS) is 22.2. The van der Waals surface area contributed by atoms with Gasteiger partial charge in [-0.25, -0.2) is 4.99 Å². The second-order valence-corrected chi connectivity index (χ2v) is 7.65. The summed E-state index contributed by atoms with van der Waals surface area (Å²) in [6.45, 7) is 9.76. The Labute approximate surface area is 191 Å². The van der Waals surface area contributed by atoms with Gasteiger partial charge in [0.1, 0.15) is 6.54 Å². The van der Waals surface area contributed by atoms with Crippen molar-refractivity contribution in [2.24, 2.45) is 4.99 Å². The van der Waals surface area contributed by atoms with Crippen molar-refractivity contribution >= 4 is 41.5 Å². The van der Waals surface area contributed by atoms with Gasteiger partial charge in [0.2, 0.25) is 5.91 Å². The first-order valence-corrected chi connectivity index (χ1v) is 10.3. The third-order valence-corrected chi connectivity index (χ3v) is 5.40. The van der Waals surface area contributed by atoms with Gasteiger partial charge in [0.25, 0.3) is 0 Å². The summed E-state index contributed by atoms with van der Waals surface area (Å²) in [5.41, 5.74) is 1.07. The Kier molecular flexibility index (Phi) is 9.48. The lowest BCUT2D eigenvalue weighted by atomic mass is 10.0. The Morgan fingerprint density at radius 3 is 2.52 bits per heavy atom. The van der Waals surface area contributed by atoms with E-state index in [1.165, 1.54) is 5.69 Å². The van der Waals surface area contributed by atoms with Gasteiger partial charge >= 0.3 is 0 Å². The number of carbonyl (C=O) groups is 1. The van der Waals surface area contributed by atoms with Gasteiger partial charge < -0.3 is 25.2 Å². The Morgan fingerprint density at radius 1 is 1.17 bits per heavy atom. The molecule has 8 heteroatoms. The number of hydrogen-bond donors (Lipinski definition) is 2. The molecule has 2 N–H and O–H groups in total. The lowest BCUT2D eigenvalue weighted by Gasteiger charge is -2.36. The van der Waals surface area contributed by atoms with Crippen LogP contribution in [0.1, 0.15) is 26.7 Å². The molecule has 162 valence electrons. The minimum absolute atomic E-state index is 0. The van der Waals surface area contributed by atoms with Crippen molar-refractivity contribution in [1.82, 2.24) is 15.5 Å². The largest absolute Gasteiger partial charge is 0.373 e. The first-order valence-electron chi connectivity index (χ1n) is 10.3. The minimum Gasteiger partial charge on any atom is -0.373 e. The van der Waals surface area contributed by atoms with Gasteiger partial charge in [-0.15, -0.1) is 24.0 Å². The van der Waals surface area contributed by atoms with E-state index in [0.29, 0.717) is 12.5 Å². The van der Waals surface area contributed by atoms with Crippen molar-refractivity contribution in [3.8, 4) is 0 Å². The van der Waals surface area contributed by atoms with E-state index < -0.39 is 0 Å². The molecule has 1 amide bonds. The second-order valence-electron chi connectivity index (χ2n) is 7.65. The van der Waals surface area contributed by atoms with Crippen LogP contribution in [-0.2, 0) is 9.53 Å². The molecule has 0 saturated carbocycles. The Hall–Kier alpha value is -1.55. The molecular formula is C21H34IN5O2. The number of hydrogen-bond acceptors (Lipinski definition) is 4. The summed E-state index contributed by atoms with van der Waals surface area (Å²) in [7, 11) is 0. The molecule has 1 atom stereocenters. The Morgan fingerprint density at radius 2 is 1.90 bits per heavy atom. The zero-order chi connectivity index (χ0) is 19.8. The maximum absolute atomic E-state index is 12.6. The van der Waals surface area contributed by atoms with Crippen LogP contribution in [0.4, 0.5) is 5.69 Å². The number of rotatable bonds is 6. The molecule has 3 rings (SSSR count). The smallest absolute Gasteiger partial charge is 0.244 e. The molecule has 0 aromatic heterocycles. The molecule has 7 nitrogen and oxygen atoms in total. The standard InChI is InChI=1S/C21H33N5O2.HI/c1-3-22-20(24-17-21(2)10-7-15-28-21)23-16-19(27)26-13-11-25(12-14-26)18-8-5-4-6-9-18;/h4-6,8-9H,3,7,10-17H2,1-2H3,(H2,22,23,24);1H. The number of para-hydroxylation sites is 1. The van der Waals surface area contributed by atoms with Crippen LogP contribution in [0.25, 0.3) is 0 Å². The first-order chi connectivity index (χ1) is 13.6. The van der Waals surface area contributed by atoms with E-state index in [1.54, 1.807) is 0 Å². The highest BCUT2D eigenvalue weighted by Gasteiger charge is 2.29. The second kappa shape index (κ2) is 11.6. The molecule has 0 radical (unpaired) electrons. The van der Waals surface area contributed by atoms with Gasteiger partial charge in [0.15, 0.2) is 5.96 Å². The molecule has 2 saturated heterocycles. The van der Waals surface area contributed by atoms with Crippen molar-refractivity contribution in [2.45, 2.75) is 32.3 Å². The summed E-state index contributed by atoms with van der Waals surface area (Å²) in [4.78, 5) is 21.3. The predicted octanol–water partition coefficient (Wildman–Crippen LogP) is 2.08. The van der Waals surface area contributed by atoms with Gasteiger partial charge in [0, 0.05) is 51.6 Å². The quantitative estimate of drug-likeness (QED) is 0.345. The van der Waals surface area contributed by atoms with E-state index in [-0.39, 0.29) is 42.0 Å². The number of carbonyl (C=O) groups excluding carboxylic acids is 1. The van der Waals surface area contributed by atoms with Gasteiger partial charge in [0.05, 0.1) is 5.60 Å². The molecule has 1 aromatic carbocycles. The summed E-state index contributed by atoms with van der Waals surface area (Å²) in [5, 5.41) is 6.54. The number of amides is 1. The van der Waals surface area contributed by atoms with Gasteiger partial charge in [-0.05, 0) is 38.8 Å². The average Bonchev–Trinajstić information content (AvgIpc) is 3.17. The van der Waals surface area contributed by atoms with Crippen LogP contribution in [0.15, 0.2) is 35.3 Å². The van der Waals surface area contributed by atoms with Crippen LogP contribution in [0.2, 0.25) is 0 Å². The van der Waals surface area contributed by atoms with Crippen molar-refractivity contribution in [2.75, 3.05) is 57.3 Å². The van der Waals surface area contributed by atoms with Crippen molar-refractivity contribution in [3.63, 3.8) is 0 Å². The predicted molar refractivity (Wildman–Crippen MR) is 128 cm³/mol. The van der Waals surface area contributed by atoms with Gasteiger partial charge in [-0.2, -0.15) is 0 Å². The molecule has 2 fully saturated rings. The number of benzene rings is 1. The SMILES string of the molecule is CCNC(=NCC(=O)N1CCN(c2ccccc2)CC1)NCC1(C)CCCO1.I. The number of anilines is 1. The minimum atomic E-state index is -0.145. The number of piperazine rings is 1. The number of guanidine groups is 1. The monoisotopic (exact) mass is 515 g/mol. The van der Waals surface area contributed by atoms with Crippen LogP contribution in [0.3, 0.4) is 0 Å². The van der Waals surface area contributed by atoms with E-state index >= 15 is 0 Å². The molecular weight excluding hydrogens is 481 g/mol. The third kappa shape index (κ3) is 7.02. The number of ether oxygens (including phenoxy) is 1. The number of halogens is 1. The molecule has 2 aliphatic heterocycles. The molecule has 0 bridgehead atoms. The first kappa shape index (κ1) is 23.7. The molecule has 29 heavy (non-hydrogen) atoms. The highest BCUT2D eigenvalue weighted by Crippen LogP contribution is 2.23. The molecule has 2 aliphatic rings. The molecule has 0 spiro atoms. The average molecular weight is 515 g/mol. The zero-order valence-electron chi connectivity index (χ0n) is 17.5. The Bertz CT molecular complexity index is 656. The maximum atomic E-state index is 12.6. The summed E-state index contributed by atoms with van der Waals surface area (Å²) >= 11 is 0. The number of aliphatic imine (C=N–C) groups is 1. The lowest BCUT2D eigenvalue weighted by Crippen LogP contribution is -2.50. The topological polar surface area (TPSA) is 69.2 Å². The van der Waals surface area contributed by atoms with Crippen LogP contribution in [0.5, 0.6) is 0 Å². The summed E-state index contributed by atoms with van der Waals surface area (Å²) in [5.74, 6) is 0.753. The van der Waals surface area contributed by atoms with Crippen LogP contribution in [-0.4, -0.2) is 74.8 Å². The van der Waals surface area contributed by atoms with Gasteiger partial charge in [-0.1, -0.05) is 18.2 Å². The van der Waals surface area contributed by atoms with Crippen LogP contribution in [0, 0.1) is 0 Å². The van der Waals surface area contributed by atoms with E-state index in [9.17, 15) is 4.79 Å². The molecule has 0 aliphatic carbocycles. The van der Waals surface area contributed by atoms with E-state index in [0.717, 1.165) is 52.2 Å². The number of nitrogens with zero attached hydrogens (tertiary/aromatic N) is 3. The van der Waals surface area contributed by atoms with Crippen LogP contribution < -0.4 is 15.5 Å². The molecule has 1 aromatic rings. The van der Waals surface area contributed by atoms with E-state index in [4.69, 9.17) is 4.74 Å². The lowest BCUT2D eigenvalue weighted by molar-refractivity contribution is -0.129. The third-order valence-electron chi connectivity index (χ3n) is 5.40. The van der Waals surface area contributed by atoms with E-state index in [1.807, 2.05) is 30.0 Å².